The second kappa shape index (κ2) is 5.76. The van der Waals surface area contributed by atoms with Crippen LogP contribution in [0.4, 0.5) is 0 Å². The molecule has 0 unspecified atom stereocenters. The van der Waals surface area contributed by atoms with Crippen molar-refractivity contribution >= 4 is 11.3 Å². The molecule has 110 valence electrons. The Kier molecular flexibility index (Phi) is 3.82. The third kappa shape index (κ3) is 2.80. The molecule has 1 aromatic rings. The van der Waals surface area contributed by atoms with Crippen LogP contribution in [0.15, 0.2) is 17.5 Å². The molecule has 3 atom stereocenters. The Morgan fingerprint density at radius 2 is 2.25 bits per heavy atom. The molecule has 0 aromatic carbocycles. The molecule has 1 saturated heterocycles. The van der Waals surface area contributed by atoms with Crippen LogP contribution < -0.4 is 0 Å². The van der Waals surface area contributed by atoms with Crippen molar-refractivity contribution in [3.05, 3.63) is 22.4 Å². The van der Waals surface area contributed by atoms with Gasteiger partial charge in [0, 0.05) is 30.6 Å². The molecule has 2 saturated carbocycles. The second-order valence-electron chi connectivity index (χ2n) is 6.35. The number of thiophene rings is 1. The molecule has 3 nitrogen and oxygen atoms in total. The highest BCUT2D eigenvalue weighted by atomic mass is 32.1. The Hall–Kier alpha value is -0.420. The zero-order valence-electron chi connectivity index (χ0n) is 11.9. The summed E-state index contributed by atoms with van der Waals surface area (Å²) in [6.45, 7) is 3.91. The van der Waals surface area contributed by atoms with Crippen molar-refractivity contribution in [1.29, 1.82) is 0 Å². The van der Waals surface area contributed by atoms with Crippen LogP contribution in [0.3, 0.4) is 0 Å². The minimum atomic E-state index is 0.304. The predicted molar refractivity (Wildman–Crippen MR) is 80.0 cm³/mol. The maximum atomic E-state index is 6.26. The number of nitrogens with zero attached hydrogens (tertiary/aromatic N) is 1. The zero-order valence-corrected chi connectivity index (χ0v) is 12.7. The van der Waals surface area contributed by atoms with E-state index in [1.54, 1.807) is 0 Å². The van der Waals surface area contributed by atoms with Crippen LogP contribution in [0.2, 0.25) is 0 Å². The highest BCUT2D eigenvalue weighted by molar-refractivity contribution is 7.09. The van der Waals surface area contributed by atoms with E-state index < -0.39 is 0 Å². The van der Waals surface area contributed by atoms with E-state index in [1.165, 1.54) is 30.6 Å². The van der Waals surface area contributed by atoms with Crippen LogP contribution in [0.1, 0.15) is 30.6 Å². The lowest BCUT2D eigenvalue weighted by molar-refractivity contribution is -0.0571. The van der Waals surface area contributed by atoms with E-state index >= 15 is 0 Å². The third-order valence-electron chi connectivity index (χ3n) is 4.83. The molecule has 1 aliphatic heterocycles. The van der Waals surface area contributed by atoms with Gasteiger partial charge in [-0.15, -0.1) is 11.3 Å². The Morgan fingerprint density at radius 3 is 3.05 bits per heavy atom. The van der Waals surface area contributed by atoms with Crippen LogP contribution in [0, 0.1) is 5.92 Å². The van der Waals surface area contributed by atoms with Gasteiger partial charge in [0.1, 0.15) is 0 Å². The van der Waals surface area contributed by atoms with Crippen LogP contribution in [-0.4, -0.2) is 42.9 Å². The molecule has 3 fully saturated rings. The summed E-state index contributed by atoms with van der Waals surface area (Å²) in [5, 5.41) is 2.17. The van der Waals surface area contributed by atoms with Crippen LogP contribution in [0.5, 0.6) is 0 Å². The number of hydrogen-bond acceptors (Lipinski definition) is 4. The molecule has 3 aliphatic rings. The van der Waals surface area contributed by atoms with Gasteiger partial charge in [0.2, 0.25) is 0 Å². The quantitative estimate of drug-likeness (QED) is 0.833. The monoisotopic (exact) mass is 293 g/mol. The summed E-state index contributed by atoms with van der Waals surface area (Å²) in [4.78, 5) is 4.05. The third-order valence-corrected chi connectivity index (χ3v) is 5.69. The van der Waals surface area contributed by atoms with E-state index in [0.717, 1.165) is 32.2 Å². The number of hydrogen-bond donors (Lipinski definition) is 0. The lowest BCUT2D eigenvalue weighted by Gasteiger charge is -2.30. The fourth-order valence-electron chi connectivity index (χ4n) is 3.52. The van der Waals surface area contributed by atoms with Crippen LogP contribution in [-0.2, 0) is 16.0 Å². The van der Waals surface area contributed by atoms with Crippen molar-refractivity contribution < 1.29 is 9.47 Å². The van der Waals surface area contributed by atoms with Gasteiger partial charge in [-0.05, 0) is 43.0 Å². The molecule has 4 rings (SSSR count). The minimum Gasteiger partial charge on any atom is -0.374 e. The van der Waals surface area contributed by atoms with Gasteiger partial charge in [0.15, 0.2) is 0 Å². The zero-order chi connectivity index (χ0) is 13.4. The number of fused-ring (bicyclic) bond motifs is 2. The Morgan fingerprint density at radius 1 is 1.30 bits per heavy atom. The van der Waals surface area contributed by atoms with Gasteiger partial charge in [0.25, 0.3) is 0 Å². The molecular weight excluding hydrogens is 270 g/mol. The van der Waals surface area contributed by atoms with Crippen molar-refractivity contribution in [1.82, 2.24) is 4.90 Å². The first-order chi connectivity index (χ1) is 9.90. The fraction of sp³-hybridized carbons (Fsp3) is 0.750. The summed E-state index contributed by atoms with van der Waals surface area (Å²) in [5.74, 6) is 0.836. The average Bonchev–Trinajstić information content (AvgIpc) is 3.00. The fourth-order valence-corrected chi connectivity index (χ4v) is 4.25. The minimum absolute atomic E-state index is 0.304. The standard InChI is InChI=1S/C16H23NO2S/c1-2-13(20-9-1)10-17-7-8-18-15-6-5-14(17)16(15)19-11-12-3-4-12/h1-2,9,12,14-16H,3-8,10-11H2/t14-,15-,16-/m0/s1. The van der Waals surface area contributed by atoms with Crippen LogP contribution in [0.25, 0.3) is 0 Å². The van der Waals surface area contributed by atoms with Gasteiger partial charge in [-0.3, -0.25) is 4.90 Å². The highest BCUT2D eigenvalue weighted by Crippen LogP contribution is 2.36. The summed E-state index contributed by atoms with van der Waals surface area (Å²) in [7, 11) is 0. The Labute approximate surface area is 124 Å². The first-order valence-electron chi connectivity index (χ1n) is 7.90. The molecule has 0 amide bonds. The summed E-state index contributed by atoms with van der Waals surface area (Å²) in [6.07, 6.45) is 5.76. The maximum absolute atomic E-state index is 6.26. The number of rotatable bonds is 5. The average molecular weight is 293 g/mol. The smallest absolute Gasteiger partial charge is 0.0991 e. The maximum Gasteiger partial charge on any atom is 0.0991 e. The Bertz CT molecular complexity index is 432. The molecule has 4 heteroatoms. The van der Waals surface area contributed by atoms with Crippen molar-refractivity contribution in [2.24, 2.45) is 5.92 Å². The molecule has 0 radical (unpaired) electrons. The highest BCUT2D eigenvalue weighted by Gasteiger charge is 2.43. The Balaban J connectivity index is 1.44. The van der Waals surface area contributed by atoms with E-state index in [0.29, 0.717) is 18.2 Å². The van der Waals surface area contributed by atoms with Crippen molar-refractivity contribution in [2.75, 3.05) is 19.8 Å². The van der Waals surface area contributed by atoms with E-state index in [9.17, 15) is 0 Å². The molecule has 2 aliphatic carbocycles. The largest absolute Gasteiger partial charge is 0.374 e. The molecule has 0 spiro atoms. The van der Waals surface area contributed by atoms with Gasteiger partial charge in [-0.25, -0.2) is 0 Å². The van der Waals surface area contributed by atoms with Gasteiger partial charge in [0.05, 0.1) is 18.8 Å². The van der Waals surface area contributed by atoms with Crippen LogP contribution >= 0.6 is 11.3 Å². The van der Waals surface area contributed by atoms with E-state index in [1.807, 2.05) is 11.3 Å². The number of ether oxygens (including phenoxy) is 2. The normalized spacial score (nSPS) is 34.3. The van der Waals surface area contributed by atoms with E-state index in [2.05, 4.69) is 22.4 Å². The summed E-state index contributed by atoms with van der Waals surface area (Å²) in [5.41, 5.74) is 0. The molecule has 2 bridgehead atoms. The van der Waals surface area contributed by atoms with Crippen molar-refractivity contribution in [3.63, 3.8) is 0 Å². The predicted octanol–water partition coefficient (Wildman–Crippen LogP) is 2.91. The summed E-state index contributed by atoms with van der Waals surface area (Å²) < 4.78 is 12.3. The first kappa shape index (κ1) is 13.3. The molecule has 2 heterocycles. The second-order valence-corrected chi connectivity index (χ2v) is 7.38. The van der Waals surface area contributed by atoms with E-state index in [4.69, 9.17) is 9.47 Å². The molecular formula is C16H23NO2S. The lowest BCUT2D eigenvalue weighted by Crippen LogP contribution is -2.43. The van der Waals surface area contributed by atoms with Crippen molar-refractivity contribution in [2.45, 2.75) is 50.5 Å². The van der Waals surface area contributed by atoms with Gasteiger partial charge < -0.3 is 9.47 Å². The molecule has 1 aromatic heterocycles. The lowest BCUT2D eigenvalue weighted by atomic mass is 10.1. The SMILES string of the molecule is c1csc(CN2CCO[C@H]3CC[C@H]2[C@@H]3OCC2CC2)c1. The van der Waals surface area contributed by atoms with E-state index in [-0.39, 0.29) is 0 Å². The molecule has 20 heavy (non-hydrogen) atoms. The van der Waals surface area contributed by atoms with Gasteiger partial charge in [-0.2, -0.15) is 0 Å². The van der Waals surface area contributed by atoms with Crippen molar-refractivity contribution in [3.8, 4) is 0 Å². The topological polar surface area (TPSA) is 21.7 Å². The first-order valence-corrected chi connectivity index (χ1v) is 8.78. The van der Waals surface area contributed by atoms with Gasteiger partial charge >= 0.3 is 0 Å². The van der Waals surface area contributed by atoms with Gasteiger partial charge in [-0.1, -0.05) is 6.07 Å². The summed E-state index contributed by atoms with van der Waals surface area (Å²) in [6, 6.07) is 4.94. The molecule has 0 N–H and O–H groups in total. The summed E-state index contributed by atoms with van der Waals surface area (Å²) >= 11 is 1.86.